The highest BCUT2D eigenvalue weighted by molar-refractivity contribution is 5.87. The van der Waals surface area contributed by atoms with E-state index in [4.69, 9.17) is 28.4 Å². The molecule has 2 saturated heterocycles. The second-order valence-corrected chi connectivity index (χ2v) is 23.0. The lowest BCUT2D eigenvalue weighted by atomic mass is 9.33. The minimum atomic E-state index is -1.82. The lowest BCUT2D eigenvalue weighted by Gasteiger charge is -2.71. The summed E-state index contributed by atoms with van der Waals surface area (Å²) in [6.45, 7) is 15.1. The van der Waals surface area contributed by atoms with Crippen LogP contribution in [-0.4, -0.2) is 140 Å². The second-order valence-electron chi connectivity index (χ2n) is 23.0. The Morgan fingerprint density at radius 1 is 0.809 bits per heavy atom. The molecule has 0 spiro atoms. The predicted octanol–water partition coefficient (Wildman–Crippen LogP) is 4.00. The van der Waals surface area contributed by atoms with Crippen molar-refractivity contribution in [3.05, 3.63) is 41.5 Å². The number of carboxylic acid groups (broad SMARTS) is 1. The molecule has 0 unspecified atom stereocenters. The number of aliphatic hydroxyl groups excluding tert-OH is 6. The van der Waals surface area contributed by atoms with Crippen LogP contribution in [0.4, 0.5) is 0 Å². The first-order chi connectivity index (χ1) is 31.8. The molecule has 2 heterocycles. The second kappa shape index (κ2) is 17.9. The lowest BCUT2D eigenvalue weighted by molar-refractivity contribution is -0.324. The number of phenols is 1. The Kier molecular flexibility index (Phi) is 13.3. The van der Waals surface area contributed by atoms with E-state index >= 15 is 4.79 Å². The third kappa shape index (κ3) is 8.09. The van der Waals surface area contributed by atoms with Gasteiger partial charge in [-0.15, -0.1) is 0 Å². The smallest absolute Gasteiger partial charge is 0.335 e. The van der Waals surface area contributed by atoms with Gasteiger partial charge < -0.3 is 69.3 Å². The number of allylic oxidation sites excluding steroid dienone is 2. The number of carbonyl (C=O) groups is 3. The summed E-state index contributed by atoms with van der Waals surface area (Å²) in [5.74, 6) is -3.16. The summed E-state index contributed by atoms with van der Waals surface area (Å²) in [5, 5.41) is 85.8. The van der Waals surface area contributed by atoms with Gasteiger partial charge in [0, 0.05) is 6.08 Å². The van der Waals surface area contributed by atoms with Gasteiger partial charge in [0.15, 0.2) is 30.0 Å². The number of benzene rings is 1. The molecule has 0 bridgehead atoms. The molecule has 0 radical (unpaired) electrons. The molecule has 5 aliphatic carbocycles. The number of fused-ring (bicyclic) bond motifs is 7. The monoisotopic (exact) mass is 956 g/mol. The number of phenolic OH excluding ortho intramolecular Hbond substituents is 1. The van der Waals surface area contributed by atoms with Gasteiger partial charge in [0.25, 0.3) is 0 Å². The van der Waals surface area contributed by atoms with Crippen LogP contribution in [0.2, 0.25) is 0 Å². The summed E-state index contributed by atoms with van der Waals surface area (Å²) in [6, 6.07) is 4.46. The Morgan fingerprint density at radius 3 is 2.22 bits per heavy atom. The highest BCUT2D eigenvalue weighted by atomic mass is 16.7. The molecule has 7 aliphatic rings. The Morgan fingerprint density at radius 2 is 1.53 bits per heavy atom. The summed E-state index contributed by atoms with van der Waals surface area (Å²) in [4.78, 5) is 40.2. The number of aromatic hydroxyl groups is 1. The van der Waals surface area contributed by atoms with Crippen molar-refractivity contribution in [2.75, 3.05) is 13.7 Å². The lowest BCUT2D eigenvalue weighted by Crippen LogP contribution is -2.68. The zero-order chi connectivity index (χ0) is 49.7. The maximum Gasteiger partial charge on any atom is 0.335 e. The van der Waals surface area contributed by atoms with E-state index in [2.05, 4.69) is 54.5 Å². The normalized spacial score (nSPS) is 45.1. The van der Waals surface area contributed by atoms with E-state index in [9.17, 15) is 50.4 Å². The summed E-state index contributed by atoms with van der Waals surface area (Å²) in [5.41, 5.74) is -1.55. The van der Waals surface area contributed by atoms with Crippen molar-refractivity contribution < 1.29 is 83.7 Å². The Balaban J connectivity index is 1.05. The molecular formula is C51H72O17. The Bertz CT molecular complexity index is 2170. The van der Waals surface area contributed by atoms with Crippen LogP contribution in [0.5, 0.6) is 11.5 Å². The van der Waals surface area contributed by atoms with Gasteiger partial charge in [-0.2, -0.15) is 0 Å². The average molecular weight is 957 g/mol. The summed E-state index contributed by atoms with van der Waals surface area (Å²) >= 11 is 0. The van der Waals surface area contributed by atoms with Crippen molar-refractivity contribution in [1.82, 2.24) is 0 Å². The number of carboxylic acids is 1. The number of hydrogen-bond acceptors (Lipinski definition) is 16. The van der Waals surface area contributed by atoms with E-state index in [1.54, 1.807) is 6.07 Å². The quantitative estimate of drug-likeness (QED) is 0.0752. The molecule has 6 fully saturated rings. The Labute approximate surface area is 397 Å². The molecule has 1 aromatic carbocycles. The van der Waals surface area contributed by atoms with E-state index in [1.165, 1.54) is 25.3 Å². The van der Waals surface area contributed by atoms with Crippen LogP contribution in [0.25, 0.3) is 6.08 Å². The first-order valence-corrected chi connectivity index (χ1v) is 24.2. The molecule has 0 aromatic heterocycles. The van der Waals surface area contributed by atoms with Crippen molar-refractivity contribution in [2.24, 2.45) is 50.2 Å². The van der Waals surface area contributed by atoms with Crippen molar-refractivity contribution in [1.29, 1.82) is 0 Å². The van der Waals surface area contributed by atoms with E-state index in [1.807, 2.05) is 0 Å². The minimum Gasteiger partial charge on any atom is -0.504 e. The molecular weight excluding hydrogens is 885 g/mol. The van der Waals surface area contributed by atoms with E-state index in [-0.39, 0.29) is 46.0 Å². The van der Waals surface area contributed by atoms with E-state index < -0.39 is 114 Å². The van der Waals surface area contributed by atoms with Crippen LogP contribution in [0, 0.1) is 50.2 Å². The van der Waals surface area contributed by atoms with Gasteiger partial charge in [-0.1, -0.05) is 66.2 Å². The fourth-order valence-electron chi connectivity index (χ4n) is 14.6. The van der Waals surface area contributed by atoms with Crippen LogP contribution in [0.15, 0.2) is 35.9 Å². The summed E-state index contributed by atoms with van der Waals surface area (Å²) < 4.78 is 34.7. The van der Waals surface area contributed by atoms with Crippen LogP contribution >= 0.6 is 0 Å². The topological polar surface area (TPSA) is 268 Å². The number of hydrogen-bond donors (Lipinski definition) is 8. The zero-order valence-corrected chi connectivity index (χ0v) is 40.4. The van der Waals surface area contributed by atoms with Gasteiger partial charge >= 0.3 is 17.9 Å². The van der Waals surface area contributed by atoms with Gasteiger partial charge in [0.05, 0.1) is 25.9 Å². The SMILES string of the molecule is COc1cc(/C=C/C(=O)O[C@H]2[C@H](OC(=O)[C@@]34CCC(C)(C)C[C@@H]3C3=CC[C@H]5[C@@]6(C)CC[C@H](O[C@@H]7O[C@@H](C(=O)O)[C@@H](O)[C@@H](O)[C@H]7O)C(C)(C)[C@H]6CC[C@]5(C)[C@@]3(C)C[C@H]4O)OC[C@H](O)[C@@H]2O)ccc1O. The average Bonchev–Trinajstić information content (AvgIpc) is 3.26. The molecule has 68 heavy (non-hydrogen) atoms. The van der Waals surface area contributed by atoms with Crippen molar-refractivity contribution >= 4 is 24.0 Å². The molecule has 17 heteroatoms. The molecule has 1 aromatic rings. The van der Waals surface area contributed by atoms with Crippen LogP contribution < -0.4 is 4.74 Å². The largest absolute Gasteiger partial charge is 0.504 e. The standard InChI is InChI=1S/C51H72O17/c1-46(2)19-20-51(45(62)68-44-41(36(56)29(53)24-64-44)66-35(55)14-10-25-9-12-28(52)30(21-25)63-8)27(22-46)26-11-13-32-48(5)17-16-34(65-43-39(59)37(57)38(58)40(67-43)42(60)61)47(3,4)31(48)15-18-49(32,6)50(26,7)23-33(51)54/h9-12,14,21,27,29,31-34,36-41,43-44,52-54,56-59H,13,15-20,22-24H2,1-8H3,(H,60,61)/b14-10+/t27-,29+,31-,32+,33-,34+,36+,37-,38+,39-,40-,41-,43-,44+,48+,49+,50+,51+/m1/s1. The number of aliphatic hydroxyl groups is 6. The van der Waals surface area contributed by atoms with Gasteiger partial charge in [-0.25, -0.2) is 9.59 Å². The molecule has 4 saturated carbocycles. The number of carbonyl (C=O) groups excluding carboxylic acids is 2. The number of aliphatic carboxylic acids is 1. The third-order valence-corrected chi connectivity index (χ3v) is 18.6. The highest BCUT2D eigenvalue weighted by Gasteiger charge is 2.72. The van der Waals surface area contributed by atoms with E-state index in [0.29, 0.717) is 31.2 Å². The highest BCUT2D eigenvalue weighted by Crippen LogP contribution is 2.76. The van der Waals surface area contributed by atoms with Gasteiger partial charge in [0.1, 0.15) is 35.9 Å². The molecule has 8 N–H and O–H groups in total. The van der Waals surface area contributed by atoms with Crippen LogP contribution in [-0.2, 0) is 38.1 Å². The van der Waals surface area contributed by atoms with Gasteiger partial charge in [-0.3, -0.25) is 4.79 Å². The molecule has 378 valence electrons. The first-order valence-electron chi connectivity index (χ1n) is 24.2. The fraction of sp³-hybridized carbons (Fsp3) is 0.745. The molecule has 17 nitrogen and oxygen atoms in total. The number of ether oxygens (including phenoxy) is 6. The number of rotatable bonds is 9. The third-order valence-electron chi connectivity index (χ3n) is 18.6. The van der Waals surface area contributed by atoms with Crippen molar-refractivity contribution in [2.45, 2.75) is 174 Å². The summed E-state index contributed by atoms with van der Waals surface area (Å²) in [7, 11) is 1.39. The fourth-order valence-corrected chi connectivity index (χ4v) is 14.6. The maximum absolute atomic E-state index is 15.1. The molecule has 0 amide bonds. The number of esters is 2. The molecule has 8 rings (SSSR count). The zero-order valence-electron chi connectivity index (χ0n) is 40.4. The van der Waals surface area contributed by atoms with Crippen molar-refractivity contribution in [3.8, 4) is 11.5 Å². The predicted molar refractivity (Wildman–Crippen MR) is 241 cm³/mol. The van der Waals surface area contributed by atoms with Crippen molar-refractivity contribution in [3.63, 3.8) is 0 Å². The van der Waals surface area contributed by atoms with Crippen LogP contribution in [0.3, 0.4) is 0 Å². The van der Waals surface area contributed by atoms with Crippen LogP contribution in [0.1, 0.15) is 112 Å². The molecule has 2 aliphatic heterocycles. The number of methoxy groups -OCH3 is 1. The molecule has 18 atom stereocenters. The maximum atomic E-state index is 15.1. The Hall–Kier alpha value is -3.65. The first kappa shape index (κ1) is 50.7. The van der Waals surface area contributed by atoms with E-state index in [0.717, 1.165) is 37.3 Å². The van der Waals surface area contributed by atoms with Gasteiger partial charge in [0.2, 0.25) is 6.29 Å². The minimum absolute atomic E-state index is 0.0869. The van der Waals surface area contributed by atoms with Gasteiger partial charge in [-0.05, 0) is 126 Å². The summed E-state index contributed by atoms with van der Waals surface area (Å²) in [6.07, 6.45) is -6.13.